The Kier molecular flexibility index (Phi) is 13.2. The van der Waals surface area contributed by atoms with Crippen LogP contribution in [0, 0.1) is 10.1 Å². The number of non-ortho nitro benzene ring substituents is 1. The van der Waals surface area contributed by atoms with Crippen molar-refractivity contribution < 1.29 is 28.6 Å². The Bertz CT molecular complexity index is 471. The van der Waals surface area contributed by atoms with E-state index in [1.165, 1.54) is 12.1 Å². The molecular weight excluding hydrogens is 344 g/mol. The fourth-order valence-electron chi connectivity index (χ4n) is 1.82. The standard InChI is InChI=1S/C17H28N2O7/c1-18-6-7-22-8-9-23-10-11-24-12-13-25-14-15-26-17-4-2-16(3-5-17)19(20)21/h2-5,18H,6-15H2,1H3. The zero-order chi connectivity index (χ0) is 18.9. The number of likely N-dealkylation sites (N-methyl/N-ethyl adjacent to an activating group) is 1. The van der Waals surface area contributed by atoms with E-state index < -0.39 is 4.92 Å². The van der Waals surface area contributed by atoms with Gasteiger partial charge in [0, 0.05) is 18.7 Å². The van der Waals surface area contributed by atoms with Gasteiger partial charge in [0.1, 0.15) is 12.4 Å². The number of rotatable bonds is 17. The zero-order valence-corrected chi connectivity index (χ0v) is 15.2. The Morgan fingerprint density at radius 2 is 1.27 bits per heavy atom. The summed E-state index contributed by atoms with van der Waals surface area (Å²) >= 11 is 0. The van der Waals surface area contributed by atoms with Gasteiger partial charge < -0.3 is 29.0 Å². The Balaban J connectivity index is 1.83. The van der Waals surface area contributed by atoms with Crippen LogP contribution in [-0.2, 0) is 18.9 Å². The lowest BCUT2D eigenvalue weighted by Crippen LogP contribution is -2.17. The van der Waals surface area contributed by atoms with Crippen LogP contribution in [0.1, 0.15) is 0 Å². The topological polar surface area (TPSA) is 101 Å². The second-order valence-corrected chi connectivity index (χ2v) is 5.15. The van der Waals surface area contributed by atoms with Crippen LogP contribution in [-0.4, -0.2) is 78.0 Å². The van der Waals surface area contributed by atoms with E-state index in [4.69, 9.17) is 23.7 Å². The minimum atomic E-state index is -0.447. The van der Waals surface area contributed by atoms with Crippen LogP contribution in [0.3, 0.4) is 0 Å². The third-order valence-corrected chi connectivity index (χ3v) is 3.16. The van der Waals surface area contributed by atoms with Gasteiger partial charge in [-0.3, -0.25) is 10.1 Å². The summed E-state index contributed by atoms with van der Waals surface area (Å²) in [5.41, 5.74) is 0.0380. The predicted molar refractivity (Wildman–Crippen MR) is 95.8 cm³/mol. The molecule has 0 saturated carbocycles. The fraction of sp³-hybridized carbons (Fsp3) is 0.647. The first-order valence-corrected chi connectivity index (χ1v) is 8.57. The Labute approximate surface area is 153 Å². The maximum absolute atomic E-state index is 10.5. The molecule has 0 bridgehead atoms. The molecule has 1 rings (SSSR count). The van der Waals surface area contributed by atoms with E-state index in [1.807, 2.05) is 7.05 Å². The second-order valence-electron chi connectivity index (χ2n) is 5.15. The normalized spacial score (nSPS) is 10.8. The minimum absolute atomic E-state index is 0.0380. The molecule has 1 N–H and O–H groups in total. The third-order valence-electron chi connectivity index (χ3n) is 3.16. The molecular formula is C17H28N2O7. The van der Waals surface area contributed by atoms with E-state index in [-0.39, 0.29) is 5.69 Å². The van der Waals surface area contributed by atoms with Crippen molar-refractivity contribution in [2.45, 2.75) is 0 Å². The number of benzene rings is 1. The summed E-state index contributed by atoms with van der Waals surface area (Å²) in [6.07, 6.45) is 0. The molecule has 0 spiro atoms. The summed E-state index contributed by atoms with van der Waals surface area (Å²) in [6.45, 7) is 5.44. The van der Waals surface area contributed by atoms with Crippen LogP contribution in [0.5, 0.6) is 5.75 Å². The summed E-state index contributed by atoms with van der Waals surface area (Å²) in [4.78, 5) is 10.1. The lowest BCUT2D eigenvalue weighted by atomic mass is 10.3. The lowest BCUT2D eigenvalue weighted by Gasteiger charge is -2.08. The van der Waals surface area contributed by atoms with Crippen LogP contribution < -0.4 is 10.1 Å². The molecule has 148 valence electrons. The van der Waals surface area contributed by atoms with E-state index in [0.717, 1.165) is 6.54 Å². The largest absolute Gasteiger partial charge is 0.491 e. The van der Waals surface area contributed by atoms with Gasteiger partial charge in [0.2, 0.25) is 0 Å². The molecule has 0 unspecified atom stereocenters. The first-order chi connectivity index (χ1) is 12.7. The average Bonchev–Trinajstić information content (AvgIpc) is 2.65. The Morgan fingerprint density at radius 1 is 0.808 bits per heavy atom. The van der Waals surface area contributed by atoms with Gasteiger partial charge in [0.15, 0.2) is 0 Å². The van der Waals surface area contributed by atoms with Crippen molar-refractivity contribution in [2.24, 2.45) is 0 Å². The van der Waals surface area contributed by atoms with Gasteiger partial charge >= 0.3 is 0 Å². The molecule has 0 heterocycles. The summed E-state index contributed by atoms with van der Waals surface area (Å²) in [5, 5.41) is 13.5. The van der Waals surface area contributed by atoms with Crippen molar-refractivity contribution in [2.75, 3.05) is 73.1 Å². The number of nitrogens with one attached hydrogen (secondary N) is 1. The molecule has 0 radical (unpaired) electrons. The van der Waals surface area contributed by atoms with Gasteiger partial charge in [-0.05, 0) is 19.2 Å². The Morgan fingerprint density at radius 3 is 1.73 bits per heavy atom. The summed E-state index contributed by atoms with van der Waals surface area (Å²) in [6, 6.07) is 5.93. The molecule has 0 saturated heterocycles. The van der Waals surface area contributed by atoms with Crippen LogP contribution >= 0.6 is 0 Å². The molecule has 9 heteroatoms. The summed E-state index contributed by atoms with van der Waals surface area (Å²) < 4.78 is 26.8. The molecule has 0 aliphatic heterocycles. The molecule has 0 aliphatic rings. The highest BCUT2D eigenvalue weighted by Gasteiger charge is 2.04. The maximum atomic E-state index is 10.5. The van der Waals surface area contributed by atoms with E-state index >= 15 is 0 Å². The van der Waals surface area contributed by atoms with Gasteiger partial charge in [-0.25, -0.2) is 0 Å². The van der Waals surface area contributed by atoms with Crippen molar-refractivity contribution in [3.8, 4) is 5.75 Å². The fourth-order valence-corrected chi connectivity index (χ4v) is 1.82. The van der Waals surface area contributed by atoms with Crippen molar-refractivity contribution in [1.82, 2.24) is 5.32 Å². The van der Waals surface area contributed by atoms with E-state index in [1.54, 1.807) is 12.1 Å². The highest BCUT2D eigenvalue weighted by Crippen LogP contribution is 2.16. The highest BCUT2D eigenvalue weighted by molar-refractivity contribution is 5.35. The van der Waals surface area contributed by atoms with Crippen molar-refractivity contribution in [3.63, 3.8) is 0 Å². The smallest absolute Gasteiger partial charge is 0.269 e. The van der Waals surface area contributed by atoms with Crippen LogP contribution in [0.2, 0.25) is 0 Å². The summed E-state index contributed by atoms with van der Waals surface area (Å²) in [7, 11) is 1.88. The monoisotopic (exact) mass is 372 g/mol. The second kappa shape index (κ2) is 15.5. The number of nitro benzene ring substituents is 1. The predicted octanol–water partition coefficient (Wildman–Crippen LogP) is 1.26. The van der Waals surface area contributed by atoms with Crippen molar-refractivity contribution in [3.05, 3.63) is 34.4 Å². The van der Waals surface area contributed by atoms with Crippen LogP contribution in [0.15, 0.2) is 24.3 Å². The summed E-state index contributed by atoms with van der Waals surface area (Å²) in [5.74, 6) is 0.572. The minimum Gasteiger partial charge on any atom is -0.491 e. The highest BCUT2D eigenvalue weighted by atomic mass is 16.6. The zero-order valence-electron chi connectivity index (χ0n) is 15.2. The lowest BCUT2D eigenvalue weighted by molar-refractivity contribution is -0.384. The first-order valence-electron chi connectivity index (χ1n) is 8.57. The van der Waals surface area contributed by atoms with E-state index in [9.17, 15) is 10.1 Å². The maximum Gasteiger partial charge on any atom is 0.269 e. The quantitative estimate of drug-likeness (QED) is 0.248. The van der Waals surface area contributed by atoms with Crippen LogP contribution in [0.4, 0.5) is 5.69 Å². The third kappa shape index (κ3) is 11.7. The van der Waals surface area contributed by atoms with Gasteiger partial charge in [0.25, 0.3) is 5.69 Å². The first kappa shape index (κ1) is 22.3. The molecule has 0 amide bonds. The van der Waals surface area contributed by atoms with Gasteiger partial charge in [0.05, 0.1) is 57.8 Å². The molecule has 0 atom stereocenters. The van der Waals surface area contributed by atoms with Crippen molar-refractivity contribution in [1.29, 1.82) is 0 Å². The number of nitrogens with zero attached hydrogens (tertiary/aromatic N) is 1. The van der Waals surface area contributed by atoms with Crippen molar-refractivity contribution >= 4 is 5.69 Å². The number of ether oxygens (including phenoxy) is 5. The molecule has 0 aromatic heterocycles. The van der Waals surface area contributed by atoms with Crippen LogP contribution in [0.25, 0.3) is 0 Å². The van der Waals surface area contributed by atoms with Gasteiger partial charge in [-0.15, -0.1) is 0 Å². The van der Waals surface area contributed by atoms with Gasteiger partial charge in [-0.2, -0.15) is 0 Å². The van der Waals surface area contributed by atoms with E-state index in [0.29, 0.717) is 65.2 Å². The molecule has 26 heavy (non-hydrogen) atoms. The molecule has 9 nitrogen and oxygen atoms in total. The number of nitro groups is 1. The average molecular weight is 372 g/mol. The number of hydrogen-bond acceptors (Lipinski definition) is 8. The SMILES string of the molecule is CNCCOCCOCCOCCOCCOc1ccc([N+](=O)[O-])cc1. The molecule has 1 aromatic carbocycles. The molecule has 1 aromatic rings. The number of hydrogen-bond donors (Lipinski definition) is 1. The van der Waals surface area contributed by atoms with Gasteiger partial charge in [-0.1, -0.05) is 0 Å². The molecule has 0 aliphatic carbocycles. The Hall–Kier alpha value is -1.78. The van der Waals surface area contributed by atoms with E-state index in [2.05, 4.69) is 5.32 Å². The molecule has 0 fully saturated rings.